The van der Waals surface area contributed by atoms with Crippen molar-refractivity contribution in [2.75, 3.05) is 0 Å². The quantitative estimate of drug-likeness (QED) is 0.857. The number of aryl methyl sites for hydroxylation is 1. The zero-order valence-electron chi connectivity index (χ0n) is 12.0. The Labute approximate surface area is 116 Å². The molecule has 0 aliphatic heterocycles. The molecule has 0 spiro atoms. The van der Waals surface area contributed by atoms with E-state index in [-0.39, 0.29) is 5.56 Å². The average Bonchev–Trinajstić information content (AvgIpc) is 2.79. The van der Waals surface area contributed by atoms with Crippen LogP contribution in [0.2, 0.25) is 0 Å². The number of nitrogens with zero attached hydrogens (tertiary/aromatic N) is 4. The Morgan fingerprint density at radius 1 is 1.35 bits per heavy atom. The van der Waals surface area contributed by atoms with Gasteiger partial charge in [0.15, 0.2) is 0 Å². The molecule has 0 atom stereocenters. The maximum absolute atomic E-state index is 11.8. The lowest BCUT2D eigenvalue weighted by Gasteiger charge is -2.10. The zero-order chi connectivity index (χ0) is 14.7. The minimum Gasteiger partial charge on any atom is -0.293 e. The molecule has 20 heavy (non-hydrogen) atoms. The zero-order valence-corrected chi connectivity index (χ0v) is 12.0. The van der Waals surface area contributed by atoms with Crippen LogP contribution in [0.15, 0.2) is 22.1 Å². The van der Waals surface area contributed by atoms with Gasteiger partial charge in [-0.2, -0.15) is 5.10 Å². The van der Waals surface area contributed by atoms with E-state index in [1.807, 2.05) is 6.92 Å². The summed E-state index contributed by atoms with van der Waals surface area (Å²) in [5, 5.41) is 4.16. The van der Waals surface area contributed by atoms with Crippen LogP contribution in [0.1, 0.15) is 32.2 Å². The number of hydrogen-bond acceptors (Lipinski definition) is 4. The molecule has 0 fully saturated rings. The monoisotopic (exact) mass is 277 g/mol. The fraction of sp³-hybridized carbons (Fsp3) is 0.538. The van der Waals surface area contributed by atoms with Crippen LogP contribution in [0.3, 0.4) is 0 Å². The summed E-state index contributed by atoms with van der Waals surface area (Å²) >= 11 is 0. The molecule has 0 amide bonds. The summed E-state index contributed by atoms with van der Waals surface area (Å²) in [5.74, 6) is 1.14. The highest BCUT2D eigenvalue weighted by atomic mass is 16.2. The number of aromatic nitrogens is 5. The smallest absolute Gasteiger partial charge is 0.293 e. The maximum Gasteiger partial charge on any atom is 0.328 e. The van der Waals surface area contributed by atoms with Crippen LogP contribution in [-0.2, 0) is 19.5 Å². The number of H-pyrrole nitrogens is 1. The van der Waals surface area contributed by atoms with Gasteiger partial charge in [-0.05, 0) is 12.3 Å². The predicted molar refractivity (Wildman–Crippen MR) is 74.7 cm³/mol. The second-order valence-electron chi connectivity index (χ2n) is 5.15. The van der Waals surface area contributed by atoms with E-state index in [4.69, 9.17) is 0 Å². The maximum atomic E-state index is 11.8. The summed E-state index contributed by atoms with van der Waals surface area (Å²) in [6.45, 7) is 7.10. The van der Waals surface area contributed by atoms with Crippen molar-refractivity contribution < 1.29 is 0 Å². The first-order valence-electron chi connectivity index (χ1n) is 6.70. The first-order valence-corrected chi connectivity index (χ1v) is 6.70. The number of rotatable bonds is 5. The molecule has 0 saturated heterocycles. The molecule has 2 rings (SSSR count). The fourth-order valence-corrected chi connectivity index (χ4v) is 1.99. The van der Waals surface area contributed by atoms with E-state index in [2.05, 4.69) is 28.9 Å². The highest BCUT2D eigenvalue weighted by Crippen LogP contribution is 2.02. The lowest BCUT2D eigenvalue weighted by atomic mass is 10.2. The summed E-state index contributed by atoms with van der Waals surface area (Å²) in [7, 11) is 0. The molecule has 7 heteroatoms. The summed E-state index contributed by atoms with van der Waals surface area (Å²) in [5.41, 5.74) is -0.164. The van der Waals surface area contributed by atoms with E-state index in [9.17, 15) is 9.59 Å². The second kappa shape index (κ2) is 5.85. The third-order valence-corrected chi connectivity index (χ3v) is 3.01. The Morgan fingerprint density at radius 2 is 2.10 bits per heavy atom. The minimum atomic E-state index is -0.425. The van der Waals surface area contributed by atoms with E-state index in [0.29, 0.717) is 30.3 Å². The summed E-state index contributed by atoms with van der Waals surface area (Å²) in [6, 6.07) is 0. The van der Waals surface area contributed by atoms with Crippen molar-refractivity contribution in [2.45, 2.75) is 40.3 Å². The van der Waals surface area contributed by atoms with Crippen molar-refractivity contribution >= 4 is 0 Å². The number of hydrogen-bond donors (Lipinski definition) is 1. The van der Waals surface area contributed by atoms with Gasteiger partial charge in [-0.25, -0.2) is 14.5 Å². The fourth-order valence-electron chi connectivity index (χ4n) is 1.99. The molecule has 108 valence electrons. The number of aromatic amines is 1. The Morgan fingerprint density at radius 3 is 2.75 bits per heavy atom. The van der Waals surface area contributed by atoms with Crippen LogP contribution in [0, 0.1) is 5.92 Å². The Balaban J connectivity index is 2.33. The molecule has 0 aromatic carbocycles. The first kappa shape index (κ1) is 14.2. The van der Waals surface area contributed by atoms with E-state index >= 15 is 0 Å². The molecule has 7 nitrogen and oxygen atoms in total. The minimum absolute atomic E-state index is 0.301. The van der Waals surface area contributed by atoms with Crippen LogP contribution < -0.4 is 11.2 Å². The van der Waals surface area contributed by atoms with Gasteiger partial charge in [-0.1, -0.05) is 20.8 Å². The topological polar surface area (TPSA) is 85.6 Å². The van der Waals surface area contributed by atoms with E-state index in [0.717, 1.165) is 6.54 Å². The van der Waals surface area contributed by atoms with Gasteiger partial charge in [0.2, 0.25) is 0 Å². The lowest BCUT2D eigenvalue weighted by Crippen LogP contribution is -2.32. The molecular formula is C13H19N5O2. The van der Waals surface area contributed by atoms with Crippen molar-refractivity contribution in [3.05, 3.63) is 44.8 Å². The van der Waals surface area contributed by atoms with Crippen molar-refractivity contribution in [3.63, 3.8) is 0 Å². The summed E-state index contributed by atoms with van der Waals surface area (Å²) in [4.78, 5) is 29.9. The van der Waals surface area contributed by atoms with Crippen LogP contribution in [0.4, 0.5) is 0 Å². The van der Waals surface area contributed by atoms with Crippen LogP contribution in [-0.4, -0.2) is 24.3 Å². The van der Waals surface area contributed by atoms with Gasteiger partial charge in [0.1, 0.15) is 12.2 Å². The van der Waals surface area contributed by atoms with Crippen LogP contribution in [0.25, 0.3) is 0 Å². The molecule has 0 aliphatic rings. The van der Waals surface area contributed by atoms with E-state index in [1.54, 1.807) is 10.9 Å². The largest absolute Gasteiger partial charge is 0.328 e. The Hall–Kier alpha value is -2.18. The van der Waals surface area contributed by atoms with Crippen molar-refractivity contribution in [3.8, 4) is 0 Å². The van der Waals surface area contributed by atoms with Crippen LogP contribution in [0.5, 0.6) is 0 Å². The molecule has 1 N–H and O–H groups in total. The number of nitrogens with one attached hydrogen (secondary N) is 1. The Bertz CT molecular complexity index is 695. The molecule has 0 saturated carbocycles. The summed E-state index contributed by atoms with van der Waals surface area (Å²) < 4.78 is 3.24. The first-order chi connectivity index (χ1) is 9.51. The molecular weight excluding hydrogens is 258 g/mol. The molecule has 2 heterocycles. The molecule has 0 radical (unpaired) electrons. The standard InChI is InChI=1S/C13H19N5O2/c1-4-10-6-17(13(20)16-12(10)19)7-11-14-8-15-18(11)5-9(2)3/h6,8-9H,4-5,7H2,1-3H3,(H,16,19,20). The van der Waals surface area contributed by atoms with Gasteiger partial charge in [-0.3, -0.25) is 14.3 Å². The van der Waals surface area contributed by atoms with E-state index in [1.165, 1.54) is 10.9 Å². The van der Waals surface area contributed by atoms with Gasteiger partial charge >= 0.3 is 5.69 Å². The van der Waals surface area contributed by atoms with Crippen molar-refractivity contribution in [2.24, 2.45) is 5.92 Å². The Kier molecular flexibility index (Phi) is 4.16. The van der Waals surface area contributed by atoms with Crippen molar-refractivity contribution in [1.29, 1.82) is 0 Å². The predicted octanol–water partition coefficient (Wildman–Crippen LogP) is 0.395. The lowest BCUT2D eigenvalue weighted by molar-refractivity contribution is 0.458. The third kappa shape index (κ3) is 3.04. The molecule has 2 aromatic heterocycles. The molecule has 2 aromatic rings. The van der Waals surface area contributed by atoms with Gasteiger partial charge < -0.3 is 0 Å². The third-order valence-electron chi connectivity index (χ3n) is 3.01. The van der Waals surface area contributed by atoms with Gasteiger partial charge in [0, 0.05) is 18.3 Å². The van der Waals surface area contributed by atoms with Crippen LogP contribution >= 0.6 is 0 Å². The van der Waals surface area contributed by atoms with E-state index < -0.39 is 5.69 Å². The molecule has 0 aliphatic carbocycles. The highest BCUT2D eigenvalue weighted by Gasteiger charge is 2.09. The highest BCUT2D eigenvalue weighted by molar-refractivity contribution is 5.05. The molecule has 0 bridgehead atoms. The summed E-state index contributed by atoms with van der Waals surface area (Å²) in [6.07, 6.45) is 3.65. The average molecular weight is 277 g/mol. The molecule has 0 unspecified atom stereocenters. The van der Waals surface area contributed by atoms with Gasteiger partial charge in [0.05, 0.1) is 6.54 Å². The van der Waals surface area contributed by atoms with Crippen molar-refractivity contribution in [1.82, 2.24) is 24.3 Å². The van der Waals surface area contributed by atoms with Gasteiger partial charge in [-0.15, -0.1) is 0 Å². The van der Waals surface area contributed by atoms with Gasteiger partial charge in [0.25, 0.3) is 5.56 Å². The SMILES string of the molecule is CCc1cn(Cc2ncnn2CC(C)C)c(=O)[nH]c1=O. The normalized spacial score (nSPS) is 11.2. The second-order valence-corrected chi connectivity index (χ2v) is 5.15.